The molecule has 0 unspecified atom stereocenters. The van der Waals surface area contributed by atoms with E-state index < -0.39 is 11.8 Å². The van der Waals surface area contributed by atoms with Gasteiger partial charge in [0.2, 0.25) is 0 Å². The average molecular weight is 470 g/mol. The Kier molecular flexibility index (Phi) is 5.93. The average Bonchev–Trinajstić information content (AvgIpc) is 3.62. The second-order valence-corrected chi connectivity index (χ2v) is 7.95. The quantitative estimate of drug-likeness (QED) is 0.340. The van der Waals surface area contributed by atoms with Gasteiger partial charge < -0.3 is 18.5 Å². The van der Waals surface area contributed by atoms with Crippen molar-refractivity contribution in [3.8, 4) is 5.75 Å². The van der Waals surface area contributed by atoms with E-state index in [4.69, 9.17) is 13.6 Å². The van der Waals surface area contributed by atoms with Gasteiger partial charge in [0.1, 0.15) is 17.3 Å². The van der Waals surface area contributed by atoms with Gasteiger partial charge in [0.15, 0.2) is 0 Å². The number of hydrogen-bond donors (Lipinski definition) is 0. The zero-order valence-electron chi connectivity index (χ0n) is 19.0. The number of imide groups is 1. The number of anilines is 1. The van der Waals surface area contributed by atoms with Crippen molar-refractivity contribution in [2.24, 2.45) is 0 Å². The number of furan rings is 2. The maximum atomic E-state index is 13.5. The fraction of sp³-hybridized carbons (Fsp3) is 0.148. The molecule has 0 N–H and O–H groups in total. The first-order valence-corrected chi connectivity index (χ1v) is 11.1. The van der Waals surface area contributed by atoms with E-state index in [9.17, 15) is 14.4 Å². The summed E-state index contributed by atoms with van der Waals surface area (Å²) in [4.78, 5) is 42.3. The largest absolute Gasteiger partial charge is 0.494 e. The first-order valence-electron chi connectivity index (χ1n) is 11.1. The molecule has 0 aliphatic carbocycles. The van der Waals surface area contributed by atoms with Gasteiger partial charge in [-0.3, -0.25) is 14.4 Å². The van der Waals surface area contributed by atoms with Crippen molar-refractivity contribution in [3.05, 3.63) is 107 Å². The molecular formula is C27H22N2O6. The third-order valence-corrected chi connectivity index (χ3v) is 5.68. The molecule has 5 rings (SSSR count). The van der Waals surface area contributed by atoms with Gasteiger partial charge in [0.05, 0.1) is 49.0 Å². The second-order valence-electron chi connectivity index (χ2n) is 7.95. The van der Waals surface area contributed by atoms with Crippen molar-refractivity contribution in [2.45, 2.75) is 20.0 Å². The highest BCUT2D eigenvalue weighted by atomic mass is 16.5. The van der Waals surface area contributed by atoms with Crippen LogP contribution in [0.25, 0.3) is 0 Å². The van der Waals surface area contributed by atoms with Crippen LogP contribution in [-0.4, -0.2) is 29.2 Å². The molecule has 1 aliphatic rings. The normalized spacial score (nSPS) is 12.7. The minimum atomic E-state index is -0.479. The number of hydrogen-bond acceptors (Lipinski definition) is 6. The minimum absolute atomic E-state index is 0.186. The van der Waals surface area contributed by atoms with Crippen molar-refractivity contribution in [2.75, 3.05) is 11.5 Å². The summed E-state index contributed by atoms with van der Waals surface area (Å²) < 4.78 is 16.3. The first-order chi connectivity index (χ1) is 17.0. The molecular weight excluding hydrogens is 448 g/mol. The summed E-state index contributed by atoms with van der Waals surface area (Å²) in [6.07, 6.45) is 3.08. The number of amides is 3. The lowest BCUT2D eigenvalue weighted by molar-refractivity contribution is 0.0704. The van der Waals surface area contributed by atoms with E-state index >= 15 is 0 Å². The Morgan fingerprint density at radius 2 is 1.49 bits per heavy atom. The van der Waals surface area contributed by atoms with Crippen LogP contribution in [0.5, 0.6) is 5.75 Å². The van der Waals surface area contributed by atoms with Gasteiger partial charge in [0.25, 0.3) is 17.7 Å². The standard InChI is InChI=1S/C27H22N2O6/c1-2-33-20-10-8-19(9-11-20)29-26(31)23-12-7-18(15-24(23)27(29)32)25(30)28(16-21-5-3-13-34-21)17-22-6-4-14-35-22/h3-15H,2,16-17H2,1H3. The van der Waals surface area contributed by atoms with Gasteiger partial charge in [-0.15, -0.1) is 0 Å². The Hall–Kier alpha value is -4.59. The predicted octanol–water partition coefficient (Wildman–Crippen LogP) is 4.91. The number of rotatable bonds is 8. The molecule has 2 aromatic carbocycles. The van der Waals surface area contributed by atoms with Crippen molar-refractivity contribution < 1.29 is 28.0 Å². The van der Waals surface area contributed by atoms with Crippen LogP contribution in [0.1, 0.15) is 49.5 Å². The van der Waals surface area contributed by atoms with Crippen LogP contribution in [0.15, 0.2) is 88.1 Å². The fourth-order valence-corrected chi connectivity index (χ4v) is 4.03. The minimum Gasteiger partial charge on any atom is -0.494 e. The molecule has 0 radical (unpaired) electrons. The second kappa shape index (κ2) is 9.34. The molecule has 0 atom stereocenters. The Morgan fingerprint density at radius 3 is 2.06 bits per heavy atom. The Bertz CT molecular complexity index is 1320. The predicted molar refractivity (Wildman–Crippen MR) is 126 cm³/mol. The SMILES string of the molecule is CCOc1ccc(N2C(=O)c3ccc(C(=O)N(Cc4ccco4)Cc4ccco4)cc3C2=O)cc1. The summed E-state index contributed by atoms with van der Waals surface area (Å²) in [5.41, 5.74) is 1.16. The number of nitrogens with zero attached hydrogens (tertiary/aromatic N) is 2. The molecule has 2 aromatic heterocycles. The van der Waals surface area contributed by atoms with E-state index in [0.717, 1.165) is 4.90 Å². The highest BCUT2D eigenvalue weighted by Crippen LogP contribution is 2.30. The van der Waals surface area contributed by atoms with Crippen molar-refractivity contribution in [1.82, 2.24) is 4.90 Å². The smallest absolute Gasteiger partial charge is 0.266 e. The zero-order valence-corrected chi connectivity index (χ0v) is 19.0. The lowest BCUT2D eigenvalue weighted by atomic mass is 10.0. The molecule has 0 fully saturated rings. The maximum Gasteiger partial charge on any atom is 0.266 e. The molecule has 3 amide bonds. The van der Waals surface area contributed by atoms with Gasteiger partial charge in [0, 0.05) is 5.56 Å². The Balaban J connectivity index is 1.42. The molecule has 8 nitrogen and oxygen atoms in total. The topological polar surface area (TPSA) is 93.2 Å². The first kappa shape index (κ1) is 22.2. The zero-order chi connectivity index (χ0) is 24.4. The molecule has 0 saturated carbocycles. The summed E-state index contributed by atoms with van der Waals surface area (Å²) >= 11 is 0. The van der Waals surface area contributed by atoms with Gasteiger partial charge in [-0.25, -0.2) is 4.90 Å². The molecule has 3 heterocycles. The van der Waals surface area contributed by atoms with Crippen LogP contribution >= 0.6 is 0 Å². The van der Waals surface area contributed by atoms with E-state index in [-0.39, 0.29) is 35.7 Å². The lowest BCUT2D eigenvalue weighted by Crippen LogP contribution is -2.30. The highest BCUT2D eigenvalue weighted by Gasteiger charge is 2.37. The fourth-order valence-electron chi connectivity index (χ4n) is 4.03. The molecule has 4 aromatic rings. The van der Waals surface area contributed by atoms with Gasteiger partial charge in [-0.1, -0.05) is 0 Å². The van der Waals surface area contributed by atoms with Gasteiger partial charge >= 0.3 is 0 Å². The van der Waals surface area contributed by atoms with Crippen LogP contribution in [0.4, 0.5) is 5.69 Å². The molecule has 1 aliphatic heterocycles. The van der Waals surface area contributed by atoms with E-state index in [1.54, 1.807) is 72.0 Å². The summed E-state index contributed by atoms with van der Waals surface area (Å²) in [5.74, 6) is 0.635. The highest BCUT2D eigenvalue weighted by molar-refractivity contribution is 6.34. The molecule has 0 saturated heterocycles. The Labute approximate surface area is 201 Å². The van der Waals surface area contributed by atoms with Crippen molar-refractivity contribution in [3.63, 3.8) is 0 Å². The third kappa shape index (κ3) is 4.33. The molecule has 35 heavy (non-hydrogen) atoms. The summed E-state index contributed by atoms with van der Waals surface area (Å²) in [5, 5.41) is 0. The van der Waals surface area contributed by atoms with Crippen LogP contribution in [-0.2, 0) is 13.1 Å². The van der Waals surface area contributed by atoms with Gasteiger partial charge in [-0.05, 0) is 73.7 Å². The van der Waals surface area contributed by atoms with Crippen LogP contribution in [0.3, 0.4) is 0 Å². The molecule has 0 spiro atoms. The molecule has 0 bridgehead atoms. The van der Waals surface area contributed by atoms with E-state index in [1.807, 2.05) is 6.92 Å². The van der Waals surface area contributed by atoms with E-state index in [2.05, 4.69) is 0 Å². The summed E-state index contributed by atoms with van der Waals surface area (Å²) in [7, 11) is 0. The van der Waals surface area contributed by atoms with Crippen LogP contribution in [0, 0.1) is 0 Å². The van der Waals surface area contributed by atoms with E-state index in [1.165, 1.54) is 12.1 Å². The number of carbonyl (C=O) groups excluding carboxylic acids is 3. The van der Waals surface area contributed by atoms with Crippen molar-refractivity contribution in [1.29, 1.82) is 0 Å². The monoisotopic (exact) mass is 470 g/mol. The maximum absolute atomic E-state index is 13.5. The number of ether oxygens (including phenoxy) is 1. The molecule has 8 heteroatoms. The number of benzene rings is 2. The van der Waals surface area contributed by atoms with Crippen molar-refractivity contribution >= 4 is 23.4 Å². The third-order valence-electron chi connectivity index (χ3n) is 5.68. The van der Waals surface area contributed by atoms with Crippen LogP contribution < -0.4 is 9.64 Å². The number of fused-ring (bicyclic) bond motifs is 1. The lowest BCUT2D eigenvalue weighted by Gasteiger charge is -2.21. The van der Waals surface area contributed by atoms with E-state index in [0.29, 0.717) is 29.6 Å². The van der Waals surface area contributed by atoms with Gasteiger partial charge in [-0.2, -0.15) is 0 Å². The summed E-state index contributed by atoms with van der Waals surface area (Å²) in [6, 6.07) is 18.4. The molecule has 176 valence electrons. The van der Waals surface area contributed by atoms with Crippen LogP contribution in [0.2, 0.25) is 0 Å². The summed E-state index contributed by atoms with van der Waals surface area (Å²) in [6.45, 7) is 2.82. The number of carbonyl (C=O) groups is 3. The Morgan fingerprint density at radius 1 is 0.857 bits per heavy atom.